The Hall–Kier alpha value is -2.89. The Morgan fingerprint density at radius 3 is 2.17 bits per heavy atom. The van der Waals surface area contributed by atoms with Crippen molar-refractivity contribution in [1.29, 1.82) is 0 Å². The Morgan fingerprint density at radius 1 is 1.04 bits per heavy atom. The van der Waals surface area contributed by atoms with E-state index in [0.717, 1.165) is 0 Å². The first-order valence-corrected chi connectivity index (χ1v) is 7.69. The minimum Gasteiger partial charge on any atom is -0.480 e. The number of ketones is 1. The zero-order valence-corrected chi connectivity index (χ0v) is 13.6. The van der Waals surface area contributed by atoms with Gasteiger partial charge in [0.05, 0.1) is 0 Å². The minimum absolute atomic E-state index is 0.146. The molecule has 24 heavy (non-hydrogen) atoms. The lowest BCUT2D eigenvalue weighted by Crippen LogP contribution is -2.41. The van der Waals surface area contributed by atoms with Gasteiger partial charge in [0.25, 0.3) is 5.91 Å². The minimum atomic E-state index is -1.06. The Labute approximate surface area is 139 Å². The average molecular weight is 328 g/mol. The molecule has 0 radical (unpaired) electrons. The van der Waals surface area contributed by atoms with Gasteiger partial charge in [-0.25, -0.2) is 4.79 Å². The molecule has 0 saturated carbocycles. The van der Waals surface area contributed by atoms with Crippen molar-refractivity contribution in [3.05, 3.63) is 59.4 Å². The number of nitrogens with one attached hydrogen (secondary N) is 2. The number of aliphatic carboxylic acids is 1. The summed E-state index contributed by atoms with van der Waals surface area (Å²) in [6, 6.07) is 6.89. The number of rotatable bonds is 7. The number of carboxylic acid groups (broad SMARTS) is 1. The molecule has 0 bridgehead atoms. The normalized spacial score (nSPS) is 12.0. The number of H-pyrrole nitrogens is 1. The molecule has 1 heterocycles. The predicted molar refractivity (Wildman–Crippen MR) is 89.0 cm³/mol. The molecule has 0 aliphatic rings. The summed E-state index contributed by atoms with van der Waals surface area (Å²) in [5.74, 6) is -1.53. The van der Waals surface area contributed by atoms with E-state index in [4.69, 9.17) is 0 Å². The van der Waals surface area contributed by atoms with Gasteiger partial charge in [-0.05, 0) is 30.5 Å². The highest BCUT2D eigenvalue weighted by Crippen LogP contribution is 2.12. The molecular formula is C18H20N2O4. The van der Waals surface area contributed by atoms with Gasteiger partial charge in [0.1, 0.15) is 6.04 Å². The molecule has 0 aliphatic heterocycles. The highest BCUT2D eigenvalue weighted by Gasteiger charge is 2.21. The summed E-state index contributed by atoms with van der Waals surface area (Å²) >= 11 is 0. The molecule has 2 rings (SSSR count). The van der Waals surface area contributed by atoms with Gasteiger partial charge in [0, 0.05) is 29.1 Å². The second-order valence-corrected chi connectivity index (χ2v) is 6.00. The van der Waals surface area contributed by atoms with E-state index in [9.17, 15) is 19.5 Å². The third-order valence-electron chi connectivity index (χ3n) is 3.58. The van der Waals surface area contributed by atoms with Crippen molar-refractivity contribution >= 4 is 17.7 Å². The molecule has 0 saturated heterocycles. The van der Waals surface area contributed by atoms with Gasteiger partial charge in [-0.1, -0.05) is 26.0 Å². The molecule has 6 nitrogen and oxygen atoms in total. The van der Waals surface area contributed by atoms with Gasteiger partial charge in [-0.2, -0.15) is 0 Å². The summed E-state index contributed by atoms with van der Waals surface area (Å²) in [5, 5.41) is 11.7. The van der Waals surface area contributed by atoms with Crippen LogP contribution < -0.4 is 5.32 Å². The molecule has 0 fully saturated rings. The molecule has 126 valence electrons. The van der Waals surface area contributed by atoms with E-state index in [-0.39, 0.29) is 11.7 Å². The summed E-state index contributed by atoms with van der Waals surface area (Å²) < 4.78 is 0. The van der Waals surface area contributed by atoms with E-state index in [1.54, 1.807) is 30.6 Å². The Morgan fingerprint density at radius 2 is 1.67 bits per heavy atom. The van der Waals surface area contributed by atoms with Crippen LogP contribution in [0.1, 0.15) is 46.5 Å². The maximum absolute atomic E-state index is 12.2. The summed E-state index contributed by atoms with van der Waals surface area (Å²) in [4.78, 5) is 38.4. The maximum atomic E-state index is 12.2. The van der Waals surface area contributed by atoms with Gasteiger partial charge in [-0.3, -0.25) is 9.59 Å². The lowest BCUT2D eigenvalue weighted by Gasteiger charge is -2.16. The standard InChI is InChI=1S/C18H20N2O4/c1-11(2)9-15(18(23)24)20-17(22)13-5-3-12(4-6-13)16(21)14-7-8-19-10-14/h3-8,10-11,15,19H,9H2,1-2H3,(H,20,22)(H,23,24). The Balaban J connectivity index is 2.08. The maximum Gasteiger partial charge on any atom is 0.326 e. The lowest BCUT2D eigenvalue weighted by atomic mass is 10.0. The van der Waals surface area contributed by atoms with Crippen LogP contribution >= 0.6 is 0 Å². The zero-order chi connectivity index (χ0) is 17.7. The van der Waals surface area contributed by atoms with E-state index in [1.807, 2.05) is 13.8 Å². The Bertz CT molecular complexity index is 718. The highest BCUT2D eigenvalue weighted by atomic mass is 16.4. The monoisotopic (exact) mass is 328 g/mol. The SMILES string of the molecule is CC(C)CC(NC(=O)c1ccc(C(=O)c2cc[nH]c2)cc1)C(=O)O. The largest absolute Gasteiger partial charge is 0.480 e. The smallest absolute Gasteiger partial charge is 0.326 e. The van der Waals surface area contributed by atoms with Crippen molar-refractivity contribution in [1.82, 2.24) is 10.3 Å². The van der Waals surface area contributed by atoms with E-state index in [2.05, 4.69) is 10.3 Å². The lowest BCUT2D eigenvalue weighted by molar-refractivity contribution is -0.139. The molecule has 1 unspecified atom stereocenters. The number of aromatic amines is 1. The Kier molecular flexibility index (Phi) is 5.52. The fourth-order valence-electron chi connectivity index (χ4n) is 2.34. The summed E-state index contributed by atoms with van der Waals surface area (Å²) in [5.41, 5.74) is 1.31. The van der Waals surface area contributed by atoms with Crippen LogP contribution in [0.15, 0.2) is 42.7 Å². The molecule has 2 aromatic rings. The fraction of sp³-hybridized carbons (Fsp3) is 0.278. The van der Waals surface area contributed by atoms with Crippen LogP contribution in [0.4, 0.5) is 0 Å². The molecular weight excluding hydrogens is 308 g/mol. The second kappa shape index (κ2) is 7.59. The predicted octanol–water partition coefficient (Wildman–Crippen LogP) is 2.47. The topological polar surface area (TPSA) is 99.3 Å². The van der Waals surface area contributed by atoms with Crippen LogP contribution in [-0.4, -0.2) is 33.8 Å². The van der Waals surface area contributed by atoms with E-state index in [1.165, 1.54) is 12.1 Å². The molecule has 6 heteroatoms. The molecule has 0 aliphatic carbocycles. The summed E-state index contributed by atoms with van der Waals surface area (Å²) in [6.45, 7) is 3.78. The molecule has 1 aromatic carbocycles. The number of carboxylic acids is 1. The number of carbonyl (C=O) groups is 3. The first kappa shape index (κ1) is 17.5. The van der Waals surface area contributed by atoms with Crippen LogP contribution in [-0.2, 0) is 4.79 Å². The van der Waals surface area contributed by atoms with Crippen molar-refractivity contribution in [2.75, 3.05) is 0 Å². The van der Waals surface area contributed by atoms with Crippen LogP contribution in [0.5, 0.6) is 0 Å². The average Bonchev–Trinajstić information content (AvgIpc) is 3.07. The summed E-state index contributed by atoms with van der Waals surface area (Å²) in [6.07, 6.45) is 3.62. The summed E-state index contributed by atoms with van der Waals surface area (Å²) in [7, 11) is 0. The highest BCUT2D eigenvalue weighted by molar-refractivity contribution is 6.09. The van der Waals surface area contributed by atoms with E-state index in [0.29, 0.717) is 23.1 Å². The van der Waals surface area contributed by atoms with Gasteiger partial charge >= 0.3 is 5.97 Å². The molecule has 1 amide bonds. The molecule has 1 aromatic heterocycles. The second-order valence-electron chi connectivity index (χ2n) is 6.00. The van der Waals surface area contributed by atoms with Crippen LogP contribution in [0.25, 0.3) is 0 Å². The van der Waals surface area contributed by atoms with Crippen LogP contribution in [0, 0.1) is 5.92 Å². The number of carbonyl (C=O) groups excluding carboxylic acids is 2. The quantitative estimate of drug-likeness (QED) is 0.680. The zero-order valence-electron chi connectivity index (χ0n) is 13.6. The van der Waals surface area contributed by atoms with Crippen molar-refractivity contribution in [2.45, 2.75) is 26.3 Å². The van der Waals surface area contributed by atoms with Gasteiger partial charge < -0.3 is 15.4 Å². The van der Waals surface area contributed by atoms with Crippen molar-refractivity contribution < 1.29 is 19.5 Å². The van der Waals surface area contributed by atoms with Gasteiger partial charge in [0.15, 0.2) is 5.78 Å². The molecule has 3 N–H and O–H groups in total. The van der Waals surface area contributed by atoms with Crippen molar-refractivity contribution in [3.8, 4) is 0 Å². The number of hydrogen-bond acceptors (Lipinski definition) is 3. The third-order valence-corrected chi connectivity index (χ3v) is 3.58. The van der Waals surface area contributed by atoms with Gasteiger partial charge in [-0.15, -0.1) is 0 Å². The van der Waals surface area contributed by atoms with E-state index >= 15 is 0 Å². The molecule has 0 spiro atoms. The fourth-order valence-corrected chi connectivity index (χ4v) is 2.34. The molecule has 1 atom stereocenters. The van der Waals surface area contributed by atoms with Crippen LogP contribution in [0.3, 0.4) is 0 Å². The number of benzene rings is 1. The van der Waals surface area contributed by atoms with Crippen LogP contribution in [0.2, 0.25) is 0 Å². The number of amides is 1. The van der Waals surface area contributed by atoms with Crippen molar-refractivity contribution in [2.24, 2.45) is 5.92 Å². The first-order chi connectivity index (χ1) is 11.4. The van der Waals surface area contributed by atoms with Gasteiger partial charge in [0.2, 0.25) is 0 Å². The number of aromatic nitrogens is 1. The van der Waals surface area contributed by atoms with E-state index < -0.39 is 17.9 Å². The number of hydrogen-bond donors (Lipinski definition) is 3. The third kappa shape index (κ3) is 4.32. The first-order valence-electron chi connectivity index (χ1n) is 7.69. The van der Waals surface area contributed by atoms with Crippen molar-refractivity contribution in [3.63, 3.8) is 0 Å².